The number of aromatic nitrogens is 4. The van der Waals surface area contributed by atoms with Gasteiger partial charge in [-0.3, -0.25) is 4.40 Å². The molecule has 1 aromatic carbocycles. The molecule has 4 rings (SSSR count). The van der Waals surface area contributed by atoms with Crippen molar-refractivity contribution >= 4 is 21.1 Å². The van der Waals surface area contributed by atoms with Crippen molar-refractivity contribution in [2.45, 2.75) is 18.1 Å². The van der Waals surface area contributed by atoms with Gasteiger partial charge in [0, 0.05) is 18.0 Å². The summed E-state index contributed by atoms with van der Waals surface area (Å²) in [4.78, 5) is 7.77. The van der Waals surface area contributed by atoms with Gasteiger partial charge in [-0.05, 0) is 31.2 Å². The molecular formula is C18H14F3N5O2S. The van der Waals surface area contributed by atoms with Gasteiger partial charge in [0.1, 0.15) is 10.7 Å². The van der Waals surface area contributed by atoms with Crippen LogP contribution in [0.4, 0.5) is 18.9 Å². The van der Waals surface area contributed by atoms with Crippen LogP contribution < -0.4 is 0 Å². The molecule has 0 aliphatic rings. The zero-order valence-corrected chi connectivity index (χ0v) is 16.0. The summed E-state index contributed by atoms with van der Waals surface area (Å²) >= 11 is 0. The predicted molar refractivity (Wildman–Crippen MR) is 99.1 cm³/mol. The zero-order chi connectivity index (χ0) is 20.8. The van der Waals surface area contributed by atoms with Crippen molar-refractivity contribution in [3.05, 3.63) is 60.2 Å². The van der Waals surface area contributed by atoms with Crippen molar-refractivity contribution in [2.24, 2.45) is 4.36 Å². The van der Waals surface area contributed by atoms with Gasteiger partial charge in [-0.1, -0.05) is 23.4 Å². The van der Waals surface area contributed by atoms with Crippen LogP contribution in [0.2, 0.25) is 0 Å². The second-order valence-electron chi connectivity index (χ2n) is 6.30. The fourth-order valence-electron chi connectivity index (χ4n) is 2.92. The minimum absolute atomic E-state index is 0.237. The highest BCUT2D eigenvalue weighted by molar-refractivity contribution is 7.93. The molecule has 0 amide bonds. The number of alkyl halides is 3. The monoisotopic (exact) mass is 421 g/mol. The number of imidazole rings is 1. The van der Waals surface area contributed by atoms with Gasteiger partial charge in [0.15, 0.2) is 0 Å². The number of rotatable bonds is 3. The molecule has 0 fully saturated rings. The van der Waals surface area contributed by atoms with E-state index in [1.165, 1.54) is 22.9 Å². The van der Waals surface area contributed by atoms with Gasteiger partial charge < -0.3 is 4.52 Å². The fourth-order valence-corrected chi connectivity index (χ4v) is 4.63. The molecule has 0 bridgehead atoms. The Morgan fingerprint density at radius 1 is 1.10 bits per heavy atom. The van der Waals surface area contributed by atoms with Crippen molar-refractivity contribution in [3.8, 4) is 11.4 Å². The highest BCUT2D eigenvalue weighted by Crippen LogP contribution is 2.30. The SMILES string of the molecule is Cc1nc2ccc(-c3noc(C(F)(F)F)n3)cn2c1S(C)(=O)=Nc1ccccc1. The Bertz CT molecular complexity index is 1320. The molecule has 4 aromatic rings. The third kappa shape index (κ3) is 3.60. The maximum absolute atomic E-state index is 13.4. The van der Waals surface area contributed by atoms with Crippen molar-refractivity contribution in [2.75, 3.05) is 6.26 Å². The second kappa shape index (κ2) is 6.69. The molecule has 3 heterocycles. The van der Waals surface area contributed by atoms with E-state index in [1.807, 2.05) is 6.07 Å². The van der Waals surface area contributed by atoms with Gasteiger partial charge in [0.25, 0.3) is 0 Å². The molecule has 3 aromatic heterocycles. The average Bonchev–Trinajstić information content (AvgIpc) is 3.25. The van der Waals surface area contributed by atoms with Crippen LogP contribution in [0.15, 0.2) is 62.6 Å². The zero-order valence-electron chi connectivity index (χ0n) is 15.2. The third-order valence-electron chi connectivity index (χ3n) is 4.06. The third-order valence-corrected chi connectivity index (χ3v) is 5.83. The van der Waals surface area contributed by atoms with Gasteiger partial charge in [-0.2, -0.15) is 22.5 Å². The molecular weight excluding hydrogens is 407 g/mol. The van der Waals surface area contributed by atoms with E-state index in [2.05, 4.69) is 24.0 Å². The van der Waals surface area contributed by atoms with Crippen LogP contribution in [0.5, 0.6) is 0 Å². The van der Waals surface area contributed by atoms with Crippen LogP contribution in [-0.4, -0.2) is 30.0 Å². The Balaban J connectivity index is 1.87. The molecule has 1 unspecified atom stereocenters. The summed E-state index contributed by atoms with van der Waals surface area (Å²) < 4.78 is 61.8. The van der Waals surface area contributed by atoms with Gasteiger partial charge in [0.05, 0.1) is 21.1 Å². The molecule has 29 heavy (non-hydrogen) atoms. The maximum atomic E-state index is 13.4. The van der Waals surface area contributed by atoms with E-state index in [1.54, 1.807) is 37.3 Å². The normalized spacial score (nSPS) is 14.1. The van der Waals surface area contributed by atoms with Crippen molar-refractivity contribution in [1.82, 2.24) is 19.5 Å². The van der Waals surface area contributed by atoms with Crippen molar-refractivity contribution < 1.29 is 21.9 Å². The first-order valence-corrected chi connectivity index (χ1v) is 10.2. The smallest absolute Gasteiger partial charge is 0.329 e. The highest BCUT2D eigenvalue weighted by atomic mass is 32.2. The lowest BCUT2D eigenvalue weighted by molar-refractivity contribution is -0.159. The minimum Gasteiger partial charge on any atom is -0.329 e. The Morgan fingerprint density at radius 2 is 1.83 bits per heavy atom. The molecule has 0 aliphatic carbocycles. The van der Waals surface area contributed by atoms with Crippen LogP contribution >= 0.6 is 0 Å². The standard InChI is InChI=1S/C18H14F3N5O2S/c1-11-16(29(2,27)25-13-6-4-3-5-7-13)26-10-12(8-9-14(26)22-11)15-23-17(28-24-15)18(19,20)21/h3-10H,1-2H3. The van der Waals surface area contributed by atoms with Gasteiger partial charge in [0.2, 0.25) is 5.82 Å². The van der Waals surface area contributed by atoms with E-state index < -0.39 is 21.8 Å². The number of aryl methyl sites for hydroxylation is 1. The largest absolute Gasteiger partial charge is 0.471 e. The van der Waals surface area contributed by atoms with Gasteiger partial charge in [-0.25, -0.2) is 9.19 Å². The summed E-state index contributed by atoms with van der Waals surface area (Å²) in [7, 11) is -2.91. The molecule has 0 N–H and O–H groups in total. The first-order chi connectivity index (χ1) is 13.6. The Kier molecular flexibility index (Phi) is 4.41. The summed E-state index contributed by atoms with van der Waals surface area (Å²) in [6, 6.07) is 11.9. The average molecular weight is 421 g/mol. The molecule has 0 saturated carbocycles. The molecule has 0 aliphatic heterocycles. The summed E-state index contributed by atoms with van der Waals surface area (Å²) in [5, 5.41) is 3.74. The van der Waals surface area contributed by atoms with Crippen LogP contribution in [0.1, 0.15) is 11.6 Å². The topological polar surface area (TPSA) is 85.6 Å². The van der Waals surface area contributed by atoms with Gasteiger partial charge >= 0.3 is 12.1 Å². The second-order valence-corrected chi connectivity index (χ2v) is 8.47. The number of hydrogen-bond donors (Lipinski definition) is 0. The number of nitrogens with zero attached hydrogens (tertiary/aromatic N) is 5. The molecule has 0 saturated heterocycles. The Labute approximate surface area is 163 Å². The first-order valence-electron chi connectivity index (χ1n) is 8.32. The molecule has 11 heteroatoms. The number of fused-ring (bicyclic) bond motifs is 1. The van der Waals surface area contributed by atoms with E-state index in [0.29, 0.717) is 22.1 Å². The Hall–Kier alpha value is -3.21. The Morgan fingerprint density at radius 3 is 2.48 bits per heavy atom. The predicted octanol–water partition coefficient (Wildman–Crippen LogP) is 4.50. The molecule has 150 valence electrons. The first kappa shape index (κ1) is 19.1. The lowest BCUT2D eigenvalue weighted by Crippen LogP contribution is -2.05. The molecule has 7 nitrogen and oxygen atoms in total. The summed E-state index contributed by atoms with van der Waals surface area (Å²) in [6.45, 7) is 1.70. The van der Waals surface area contributed by atoms with E-state index in [0.717, 1.165) is 0 Å². The lowest BCUT2D eigenvalue weighted by Gasteiger charge is -2.07. The molecule has 0 radical (unpaired) electrons. The number of halogens is 3. The van der Waals surface area contributed by atoms with E-state index in [9.17, 15) is 17.4 Å². The maximum Gasteiger partial charge on any atom is 0.471 e. The van der Waals surface area contributed by atoms with Crippen LogP contribution in [-0.2, 0) is 15.9 Å². The number of benzene rings is 1. The molecule has 1 atom stereocenters. The van der Waals surface area contributed by atoms with Crippen LogP contribution in [0, 0.1) is 6.92 Å². The van der Waals surface area contributed by atoms with E-state index in [4.69, 9.17) is 0 Å². The minimum atomic E-state index is -4.74. The molecule has 0 spiro atoms. The summed E-state index contributed by atoms with van der Waals surface area (Å²) in [5.74, 6) is -1.67. The van der Waals surface area contributed by atoms with Crippen LogP contribution in [0.25, 0.3) is 17.0 Å². The van der Waals surface area contributed by atoms with E-state index >= 15 is 0 Å². The number of pyridine rings is 1. The quantitative estimate of drug-likeness (QED) is 0.486. The summed E-state index contributed by atoms with van der Waals surface area (Å²) in [6.07, 6.45) is -1.78. The van der Waals surface area contributed by atoms with Gasteiger partial charge in [-0.15, -0.1) is 0 Å². The van der Waals surface area contributed by atoms with Crippen LogP contribution in [0.3, 0.4) is 0 Å². The highest BCUT2D eigenvalue weighted by Gasteiger charge is 2.38. The van der Waals surface area contributed by atoms with Crippen molar-refractivity contribution in [1.29, 1.82) is 0 Å². The lowest BCUT2D eigenvalue weighted by atomic mass is 10.3. The van der Waals surface area contributed by atoms with E-state index in [-0.39, 0.29) is 11.4 Å². The van der Waals surface area contributed by atoms with Crippen molar-refractivity contribution in [3.63, 3.8) is 0 Å². The summed E-state index contributed by atoms with van der Waals surface area (Å²) in [5.41, 5.74) is 1.76. The number of hydrogen-bond acceptors (Lipinski definition) is 6. The fraction of sp³-hybridized carbons (Fsp3) is 0.167.